The van der Waals surface area contributed by atoms with Crippen LogP contribution in [-0.2, 0) is 11.2 Å². The van der Waals surface area contributed by atoms with Crippen LogP contribution < -0.4 is 10.1 Å². The van der Waals surface area contributed by atoms with Crippen LogP contribution in [-0.4, -0.2) is 33.4 Å². The Labute approximate surface area is 171 Å². The summed E-state index contributed by atoms with van der Waals surface area (Å²) in [5, 5.41) is 12.5. The van der Waals surface area contributed by atoms with E-state index < -0.39 is 5.97 Å². The Balaban J connectivity index is 1.61. The molecule has 0 aliphatic heterocycles. The van der Waals surface area contributed by atoms with E-state index in [-0.39, 0.29) is 10.9 Å². The highest BCUT2D eigenvalue weighted by molar-refractivity contribution is 7.99. The monoisotopic (exact) mass is 415 g/mol. The van der Waals surface area contributed by atoms with Gasteiger partial charge in [-0.05, 0) is 17.7 Å². The smallest absolute Gasteiger partial charge is 0.313 e. The molecule has 0 bridgehead atoms. The minimum absolute atomic E-state index is 0.134. The molecule has 3 rings (SSSR count). The molecule has 1 aromatic heterocycles. The fourth-order valence-corrected chi connectivity index (χ4v) is 3.21. The zero-order valence-electron chi connectivity index (χ0n) is 14.8. The van der Waals surface area contributed by atoms with Gasteiger partial charge in [0.25, 0.3) is 0 Å². The quantitative estimate of drug-likeness (QED) is 0.298. The maximum Gasteiger partial charge on any atom is 0.313 e. The topological polar surface area (TPSA) is 84.3 Å². The molecule has 0 radical (unpaired) electrons. The van der Waals surface area contributed by atoms with Gasteiger partial charge in [-0.3, -0.25) is 4.79 Å². The molecule has 3 aromatic rings. The molecule has 8 heteroatoms. The second-order valence-corrected chi connectivity index (χ2v) is 7.11. The first kappa shape index (κ1) is 20.0. The molecule has 0 atom stereocenters. The molecular weight excluding hydrogens is 398 g/mol. The van der Waals surface area contributed by atoms with Crippen molar-refractivity contribution in [3.63, 3.8) is 0 Å². The van der Waals surface area contributed by atoms with Gasteiger partial charge in [0.2, 0.25) is 0 Å². The van der Waals surface area contributed by atoms with E-state index in [9.17, 15) is 4.79 Å². The summed E-state index contributed by atoms with van der Waals surface area (Å²) >= 11 is 7.02. The van der Waals surface area contributed by atoms with Crippen LogP contribution in [0.2, 0.25) is 5.15 Å². The fraction of sp³-hybridized carbons (Fsp3) is 0.150. The Morgan fingerprint density at radius 1 is 1.11 bits per heavy atom. The highest BCUT2D eigenvalue weighted by Crippen LogP contribution is 2.24. The lowest BCUT2D eigenvalue weighted by Crippen LogP contribution is -2.02. The van der Waals surface area contributed by atoms with Crippen LogP contribution in [0.15, 0.2) is 65.8 Å². The van der Waals surface area contributed by atoms with E-state index >= 15 is 0 Å². The van der Waals surface area contributed by atoms with Crippen LogP contribution in [0.25, 0.3) is 0 Å². The molecule has 0 spiro atoms. The number of nitrogens with one attached hydrogen (secondary N) is 1. The molecule has 0 saturated carbocycles. The number of thioether (sulfide) groups is 1. The molecule has 0 aliphatic carbocycles. The number of carboxylic acids is 1. The van der Waals surface area contributed by atoms with E-state index in [4.69, 9.17) is 21.4 Å². The molecule has 0 fully saturated rings. The van der Waals surface area contributed by atoms with Crippen LogP contribution in [0.3, 0.4) is 0 Å². The second-order valence-electron chi connectivity index (χ2n) is 5.78. The number of carbonyl (C=O) groups is 1. The Morgan fingerprint density at radius 2 is 1.93 bits per heavy atom. The van der Waals surface area contributed by atoms with Gasteiger partial charge >= 0.3 is 5.97 Å². The normalized spacial score (nSPS) is 10.5. The number of rotatable bonds is 9. The van der Waals surface area contributed by atoms with Crippen molar-refractivity contribution in [1.29, 1.82) is 0 Å². The van der Waals surface area contributed by atoms with Gasteiger partial charge in [-0.25, -0.2) is 9.97 Å². The molecule has 2 N–H and O–H groups in total. The van der Waals surface area contributed by atoms with Gasteiger partial charge in [0.05, 0.1) is 12.4 Å². The molecule has 0 saturated heterocycles. The maximum atomic E-state index is 10.7. The zero-order chi connectivity index (χ0) is 19.8. The number of aromatic nitrogens is 2. The van der Waals surface area contributed by atoms with Crippen molar-refractivity contribution >= 4 is 40.8 Å². The van der Waals surface area contributed by atoms with Gasteiger partial charge in [0.15, 0.2) is 5.16 Å². The van der Waals surface area contributed by atoms with E-state index in [0.717, 1.165) is 29.6 Å². The minimum atomic E-state index is -0.941. The number of aliphatic carboxylic acids is 1. The van der Waals surface area contributed by atoms with E-state index in [2.05, 4.69) is 27.4 Å². The number of carboxylic acid groups (broad SMARTS) is 1. The Bertz CT molecular complexity index is 941. The maximum absolute atomic E-state index is 10.7. The van der Waals surface area contributed by atoms with Crippen molar-refractivity contribution in [2.75, 3.05) is 17.7 Å². The van der Waals surface area contributed by atoms with Crippen molar-refractivity contribution in [2.45, 2.75) is 11.6 Å². The van der Waals surface area contributed by atoms with E-state index in [1.165, 1.54) is 5.56 Å². The average Bonchev–Trinajstić information content (AvgIpc) is 2.67. The minimum Gasteiger partial charge on any atom is -0.493 e. The summed E-state index contributed by atoms with van der Waals surface area (Å²) in [7, 11) is 0. The Kier molecular flexibility index (Phi) is 7.11. The van der Waals surface area contributed by atoms with E-state index in [1.807, 2.05) is 42.5 Å². The Hall–Kier alpha value is -2.77. The number of ether oxygens (including phenoxy) is 1. The highest BCUT2D eigenvalue weighted by Gasteiger charge is 2.07. The predicted octanol–water partition coefficient (Wildman–Crippen LogP) is 4.67. The molecule has 0 unspecified atom stereocenters. The molecule has 6 nitrogen and oxygen atoms in total. The predicted molar refractivity (Wildman–Crippen MR) is 111 cm³/mol. The molecule has 0 aliphatic rings. The average molecular weight is 416 g/mol. The van der Waals surface area contributed by atoms with Gasteiger partial charge in [-0.15, -0.1) is 0 Å². The third-order valence-corrected chi connectivity index (χ3v) is 4.63. The first-order valence-corrected chi connectivity index (χ1v) is 9.88. The van der Waals surface area contributed by atoms with Crippen LogP contribution in [0, 0.1) is 0 Å². The summed E-state index contributed by atoms with van der Waals surface area (Å²) < 4.78 is 5.83. The SMILES string of the molecule is O=C(O)CSc1nc(Cl)cc(Nc2cccc(OCCc3ccccc3)c2)n1. The van der Waals surface area contributed by atoms with Gasteiger partial charge in [-0.1, -0.05) is 59.8 Å². The number of halogens is 1. The summed E-state index contributed by atoms with van der Waals surface area (Å²) in [6, 6.07) is 19.2. The van der Waals surface area contributed by atoms with E-state index in [1.54, 1.807) is 6.07 Å². The van der Waals surface area contributed by atoms with Crippen LogP contribution >= 0.6 is 23.4 Å². The molecule has 28 heavy (non-hydrogen) atoms. The number of hydrogen-bond acceptors (Lipinski definition) is 6. The standard InChI is InChI=1S/C20H18ClN3O3S/c21-17-12-18(24-20(23-17)28-13-19(25)26)22-15-7-4-8-16(11-15)27-10-9-14-5-2-1-3-6-14/h1-8,11-12H,9-10,13H2,(H,25,26)(H,22,23,24). The lowest BCUT2D eigenvalue weighted by atomic mass is 10.2. The van der Waals surface area contributed by atoms with E-state index in [0.29, 0.717) is 17.6 Å². The largest absolute Gasteiger partial charge is 0.493 e. The second kappa shape index (κ2) is 9.96. The fourth-order valence-electron chi connectivity index (χ4n) is 2.39. The number of hydrogen-bond donors (Lipinski definition) is 2. The van der Waals surface area contributed by atoms with Gasteiger partial charge in [0.1, 0.15) is 16.7 Å². The van der Waals surface area contributed by atoms with Gasteiger partial charge in [0, 0.05) is 24.2 Å². The number of nitrogens with zero attached hydrogens (tertiary/aromatic N) is 2. The first-order valence-electron chi connectivity index (χ1n) is 8.51. The highest BCUT2D eigenvalue weighted by atomic mass is 35.5. The van der Waals surface area contributed by atoms with Crippen LogP contribution in [0.1, 0.15) is 5.56 Å². The molecular formula is C20H18ClN3O3S. The van der Waals surface area contributed by atoms with Crippen LogP contribution in [0.4, 0.5) is 11.5 Å². The molecule has 1 heterocycles. The van der Waals surface area contributed by atoms with Crippen LogP contribution in [0.5, 0.6) is 5.75 Å². The van der Waals surface area contributed by atoms with Gasteiger partial charge < -0.3 is 15.2 Å². The summed E-state index contributed by atoms with van der Waals surface area (Å²) in [5.74, 6) is 0.143. The summed E-state index contributed by atoms with van der Waals surface area (Å²) in [5.41, 5.74) is 2.00. The number of benzene rings is 2. The lowest BCUT2D eigenvalue weighted by Gasteiger charge is -2.10. The lowest BCUT2D eigenvalue weighted by molar-refractivity contribution is -0.133. The summed E-state index contributed by atoms with van der Waals surface area (Å²) in [6.07, 6.45) is 0.824. The van der Waals surface area contributed by atoms with Crippen molar-refractivity contribution in [3.05, 3.63) is 71.4 Å². The molecule has 2 aromatic carbocycles. The molecule has 0 amide bonds. The zero-order valence-corrected chi connectivity index (χ0v) is 16.4. The Morgan fingerprint density at radius 3 is 2.71 bits per heavy atom. The third-order valence-electron chi connectivity index (χ3n) is 3.61. The van der Waals surface area contributed by atoms with Crippen molar-refractivity contribution in [3.8, 4) is 5.75 Å². The third kappa shape index (κ3) is 6.44. The first-order chi connectivity index (χ1) is 13.6. The molecule has 144 valence electrons. The van der Waals surface area contributed by atoms with Crippen molar-refractivity contribution in [1.82, 2.24) is 9.97 Å². The summed E-state index contributed by atoms with van der Waals surface area (Å²) in [4.78, 5) is 19.0. The van der Waals surface area contributed by atoms with Crippen molar-refractivity contribution in [2.24, 2.45) is 0 Å². The van der Waals surface area contributed by atoms with Gasteiger partial charge in [-0.2, -0.15) is 0 Å². The van der Waals surface area contributed by atoms with Crippen molar-refractivity contribution < 1.29 is 14.6 Å². The summed E-state index contributed by atoms with van der Waals surface area (Å²) in [6.45, 7) is 0.572. The number of anilines is 2.